The molecule has 0 bridgehead atoms. The van der Waals surface area contributed by atoms with Gasteiger partial charge in [0.25, 0.3) is 0 Å². The molecule has 0 radical (unpaired) electrons. The molecule has 0 heterocycles. The minimum atomic E-state index is -0.506. The van der Waals surface area contributed by atoms with E-state index in [1.165, 1.54) is 26.2 Å². The van der Waals surface area contributed by atoms with Crippen molar-refractivity contribution < 1.29 is 9.13 Å². The number of hydrogen-bond acceptors (Lipinski definition) is 2. The fourth-order valence-corrected chi connectivity index (χ4v) is 1.25. The Morgan fingerprint density at radius 1 is 1.53 bits per heavy atom. The van der Waals surface area contributed by atoms with Gasteiger partial charge in [0.2, 0.25) is 0 Å². The highest BCUT2D eigenvalue weighted by Crippen LogP contribution is 2.27. The van der Waals surface area contributed by atoms with E-state index < -0.39 is 5.82 Å². The van der Waals surface area contributed by atoms with Crippen LogP contribution in [0.15, 0.2) is 23.8 Å². The Morgan fingerprint density at radius 2 is 2.20 bits per heavy atom. The average Bonchev–Trinajstić information content (AvgIpc) is 2.26. The van der Waals surface area contributed by atoms with Gasteiger partial charge in [-0.05, 0) is 19.1 Å². The van der Waals surface area contributed by atoms with E-state index >= 15 is 0 Å². The van der Waals surface area contributed by atoms with Gasteiger partial charge in [-0.15, -0.1) is 0 Å². The Balaban J connectivity index is 3.24. The molecule has 0 unspecified atom stereocenters. The van der Waals surface area contributed by atoms with E-state index in [2.05, 4.69) is 0 Å². The average molecular weight is 226 g/mol. The number of allylic oxidation sites excluding steroid dienone is 1. The van der Waals surface area contributed by atoms with E-state index in [0.29, 0.717) is 5.75 Å². The lowest BCUT2D eigenvalue weighted by atomic mass is 10.1. The van der Waals surface area contributed by atoms with E-state index in [4.69, 9.17) is 21.6 Å². The number of nitrogens with zero attached hydrogens (tertiary/aromatic N) is 1. The van der Waals surface area contributed by atoms with Crippen molar-refractivity contribution >= 4 is 16.6 Å². The summed E-state index contributed by atoms with van der Waals surface area (Å²) in [4.78, 5) is 0. The maximum Gasteiger partial charge on any atom is 0.135 e. The summed E-state index contributed by atoms with van der Waals surface area (Å²) in [6.07, 6.45) is 0. The SMILES string of the molecule is COc1ccc(/C(Cl)=C(/C)C#N)c(F)c1. The minimum Gasteiger partial charge on any atom is -0.497 e. The number of ether oxygens (including phenoxy) is 1. The van der Waals surface area contributed by atoms with E-state index in [0.717, 1.165) is 0 Å². The van der Waals surface area contributed by atoms with Crippen LogP contribution in [0.2, 0.25) is 0 Å². The van der Waals surface area contributed by atoms with E-state index in [-0.39, 0.29) is 16.2 Å². The van der Waals surface area contributed by atoms with Crippen molar-refractivity contribution in [2.24, 2.45) is 0 Å². The van der Waals surface area contributed by atoms with E-state index in [1.807, 2.05) is 6.07 Å². The third-order valence-corrected chi connectivity index (χ3v) is 2.40. The molecule has 0 atom stereocenters. The van der Waals surface area contributed by atoms with Gasteiger partial charge >= 0.3 is 0 Å². The molecule has 0 N–H and O–H groups in total. The summed E-state index contributed by atoms with van der Waals surface area (Å²) in [5.41, 5.74) is 0.484. The predicted molar refractivity (Wildman–Crippen MR) is 57.0 cm³/mol. The zero-order valence-electron chi connectivity index (χ0n) is 8.34. The standard InChI is InChI=1S/C11H9ClFNO/c1-7(6-14)11(12)9-4-3-8(15-2)5-10(9)13/h3-5H,1-2H3/b11-7+. The third-order valence-electron chi connectivity index (χ3n) is 1.91. The van der Waals surface area contributed by atoms with Crippen LogP contribution in [0.25, 0.3) is 5.03 Å². The summed E-state index contributed by atoms with van der Waals surface area (Å²) in [6, 6.07) is 6.17. The Kier molecular flexibility index (Phi) is 3.70. The molecule has 0 amide bonds. The van der Waals surface area contributed by atoms with Gasteiger partial charge in [-0.1, -0.05) is 11.6 Å². The van der Waals surface area contributed by atoms with Crippen molar-refractivity contribution in [2.75, 3.05) is 7.11 Å². The smallest absolute Gasteiger partial charge is 0.135 e. The molecule has 15 heavy (non-hydrogen) atoms. The first-order valence-electron chi connectivity index (χ1n) is 4.20. The Morgan fingerprint density at radius 3 is 2.67 bits per heavy atom. The summed E-state index contributed by atoms with van der Waals surface area (Å²) >= 11 is 5.83. The molecule has 1 rings (SSSR count). The quantitative estimate of drug-likeness (QED) is 0.724. The topological polar surface area (TPSA) is 33.0 Å². The molecular weight excluding hydrogens is 217 g/mol. The van der Waals surface area contributed by atoms with Gasteiger partial charge in [0, 0.05) is 17.2 Å². The molecule has 2 nitrogen and oxygen atoms in total. The predicted octanol–water partition coefficient (Wildman–Crippen LogP) is 3.33. The minimum absolute atomic E-state index is 0.123. The van der Waals surface area contributed by atoms with Gasteiger partial charge in [-0.2, -0.15) is 5.26 Å². The van der Waals surface area contributed by atoms with Crippen LogP contribution in [0, 0.1) is 17.1 Å². The van der Waals surface area contributed by atoms with Crippen LogP contribution < -0.4 is 4.74 Å². The van der Waals surface area contributed by atoms with Crippen LogP contribution in [-0.2, 0) is 0 Å². The normalized spacial score (nSPS) is 11.7. The zero-order valence-corrected chi connectivity index (χ0v) is 9.10. The van der Waals surface area contributed by atoms with Gasteiger partial charge in [0.05, 0.1) is 18.2 Å². The van der Waals surface area contributed by atoms with Crippen molar-refractivity contribution in [3.05, 3.63) is 35.2 Å². The molecular formula is C11H9ClFNO. The second-order valence-electron chi connectivity index (χ2n) is 2.90. The van der Waals surface area contributed by atoms with Crippen molar-refractivity contribution in [3.63, 3.8) is 0 Å². The molecule has 0 aliphatic rings. The van der Waals surface area contributed by atoms with Crippen LogP contribution in [0.4, 0.5) is 4.39 Å². The van der Waals surface area contributed by atoms with E-state index in [1.54, 1.807) is 6.07 Å². The largest absolute Gasteiger partial charge is 0.497 e. The third kappa shape index (κ3) is 2.48. The highest BCUT2D eigenvalue weighted by molar-refractivity contribution is 6.49. The fraction of sp³-hybridized carbons (Fsp3) is 0.182. The van der Waals surface area contributed by atoms with Crippen LogP contribution in [0.3, 0.4) is 0 Å². The summed E-state index contributed by atoms with van der Waals surface area (Å²) in [6.45, 7) is 1.53. The molecule has 4 heteroatoms. The summed E-state index contributed by atoms with van der Waals surface area (Å²) in [5, 5.41) is 8.74. The lowest BCUT2D eigenvalue weighted by Crippen LogP contribution is -1.90. The molecule has 0 spiro atoms. The first kappa shape index (κ1) is 11.5. The molecule has 0 saturated heterocycles. The Labute approximate surface area is 92.5 Å². The van der Waals surface area contributed by atoms with Gasteiger partial charge in [0.1, 0.15) is 11.6 Å². The highest BCUT2D eigenvalue weighted by atomic mass is 35.5. The summed E-state index contributed by atoms with van der Waals surface area (Å²) < 4.78 is 18.3. The number of nitriles is 1. The molecule has 1 aromatic rings. The van der Waals surface area contributed by atoms with E-state index in [9.17, 15) is 4.39 Å². The fourth-order valence-electron chi connectivity index (χ4n) is 1.05. The van der Waals surface area contributed by atoms with Gasteiger partial charge in [-0.25, -0.2) is 4.39 Å². The highest BCUT2D eigenvalue weighted by Gasteiger charge is 2.09. The molecule has 1 aromatic carbocycles. The zero-order chi connectivity index (χ0) is 11.4. The van der Waals surface area contributed by atoms with Gasteiger partial charge < -0.3 is 4.74 Å². The summed E-state index contributed by atoms with van der Waals surface area (Å²) in [7, 11) is 1.45. The summed E-state index contributed by atoms with van der Waals surface area (Å²) in [5.74, 6) is -0.0933. The lowest BCUT2D eigenvalue weighted by Gasteiger charge is -2.04. The van der Waals surface area contributed by atoms with Crippen molar-refractivity contribution in [2.45, 2.75) is 6.92 Å². The molecule has 0 aromatic heterocycles. The van der Waals surface area contributed by atoms with Crippen molar-refractivity contribution in [1.29, 1.82) is 5.26 Å². The van der Waals surface area contributed by atoms with Gasteiger partial charge in [-0.3, -0.25) is 0 Å². The Bertz CT molecular complexity index is 448. The number of benzene rings is 1. The molecule has 0 fully saturated rings. The molecule has 0 saturated carbocycles. The first-order valence-corrected chi connectivity index (χ1v) is 4.58. The van der Waals surface area contributed by atoms with Crippen LogP contribution in [-0.4, -0.2) is 7.11 Å². The molecule has 0 aliphatic carbocycles. The maximum atomic E-state index is 13.5. The first-order chi connectivity index (χ1) is 7.10. The number of rotatable bonds is 2. The van der Waals surface area contributed by atoms with Gasteiger partial charge in [0.15, 0.2) is 0 Å². The maximum absolute atomic E-state index is 13.5. The molecule has 0 aliphatic heterocycles. The van der Waals surface area contributed by atoms with Crippen LogP contribution in [0.1, 0.15) is 12.5 Å². The number of halogens is 2. The second kappa shape index (κ2) is 4.81. The Hall–Kier alpha value is -1.53. The number of methoxy groups -OCH3 is 1. The van der Waals surface area contributed by atoms with Crippen molar-refractivity contribution in [3.8, 4) is 11.8 Å². The lowest BCUT2D eigenvalue weighted by molar-refractivity contribution is 0.411. The van der Waals surface area contributed by atoms with Crippen molar-refractivity contribution in [1.82, 2.24) is 0 Å². The second-order valence-corrected chi connectivity index (χ2v) is 3.27. The molecule has 78 valence electrons. The number of hydrogen-bond donors (Lipinski definition) is 0. The van der Waals surface area contributed by atoms with Crippen LogP contribution in [0.5, 0.6) is 5.75 Å². The van der Waals surface area contributed by atoms with Crippen LogP contribution >= 0.6 is 11.6 Å². The monoisotopic (exact) mass is 225 g/mol.